The van der Waals surface area contributed by atoms with E-state index < -0.39 is 0 Å². The van der Waals surface area contributed by atoms with Crippen molar-refractivity contribution in [2.75, 3.05) is 5.75 Å². The average Bonchev–Trinajstić information content (AvgIpc) is 3.16. The van der Waals surface area contributed by atoms with Crippen LogP contribution >= 0.6 is 11.8 Å². The number of rotatable bonds is 8. The Hall–Kier alpha value is -3.64. The first-order valence-electron chi connectivity index (χ1n) is 9.95. The molecule has 0 saturated heterocycles. The van der Waals surface area contributed by atoms with Gasteiger partial charge in [0.1, 0.15) is 0 Å². The number of carbonyl (C=O) groups is 1. The molecule has 0 atom stereocenters. The lowest BCUT2D eigenvalue weighted by Crippen LogP contribution is -2.19. The van der Waals surface area contributed by atoms with Crippen molar-refractivity contribution < 1.29 is 4.79 Å². The predicted molar refractivity (Wildman–Crippen MR) is 128 cm³/mol. The van der Waals surface area contributed by atoms with Gasteiger partial charge in [0.2, 0.25) is 0 Å². The number of hydrazone groups is 1. The summed E-state index contributed by atoms with van der Waals surface area (Å²) in [5, 5.41) is 4.79. The van der Waals surface area contributed by atoms with E-state index in [1.165, 1.54) is 17.3 Å². The normalized spacial score (nSPS) is 11.5. The molecule has 1 heterocycles. The standard InChI is InChI=1S/C25H22N4OS/c30-24(28-26-17-9-14-20-10-3-1-4-11-20)19-31-25-27-22-15-7-8-16-23(22)29(25)18-21-12-5-2-6-13-21/h1-17H,18-19H2,(H,28,30)/b14-9+,26-17?. The molecular formula is C25H22N4OS. The molecule has 0 saturated carbocycles. The molecule has 1 N–H and O–H groups in total. The lowest BCUT2D eigenvalue weighted by Gasteiger charge is -2.09. The second kappa shape index (κ2) is 10.4. The van der Waals surface area contributed by atoms with E-state index >= 15 is 0 Å². The molecule has 0 radical (unpaired) electrons. The lowest BCUT2D eigenvalue weighted by atomic mass is 10.2. The number of carbonyl (C=O) groups excluding carboxylic acids is 1. The Balaban J connectivity index is 1.38. The number of hydrogen-bond donors (Lipinski definition) is 1. The third kappa shape index (κ3) is 5.71. The molecule has 0 aliphatic carbocycles. The number of hydrogen-bond acceptors (Lipinski definition) is 4. The Labute approximate surface area is 185 Å². The van der Waals surface area contributed by atoms with E-state index in [-0.39, 0.29) is 11.7 Å². The number of amides is 1. The summed E-state index contributed by atoms with van der Waals surface area (Å²) in [5.41, 5.74) is 6.80. The van der Waals surface area contributed by atoms with Gasteiger partial charge in [-0.15, -0.1) is 0 Å². The van der Waals surface area contributed by atoms with Crippen LogP contribution < -0.4 is 5.43 Å². The van der Waals surface area contributed by atoms with Crippen LogP contribution in [0.15, 0.2) is 101 Å². The Kier molecular flexibility index (Phi) is 6.92. The molecule has 0 fully saturated rings. The molecule has 5 nitrogen and oxygen atoms in total. The number of nitrogens with zero attached hydrogens (tertiary/aromatic N) is 3. The molecule has 3 aromatic carbocycles. The molecule has 4 rings (SSSR count). The molecule has 0 spiro atoms. The number of nitrogens with one attached hydrogen (secondary N) is 1. The van der Waals surface area contributed by atoms with Crippen LogP contribution in [0.1, 0.15) is 11.1 Å². The van der Waals surface area contributed by atoms with Gasteiger partial charge in [-0.25, -0.2) is 10.4 Å². The van der Waals surface area contributed by atoms with Crippen LogP contribution in [0.5, 0.6) is 0 Å². The Morgan fingerprint density at radius 2 is 1.68 bits per heavy atom. The average molecular weight is 427 g/mol. The highest BCUT2D eigenvalue weighted by Crippen LogP contribution is 2.25. The molecule has 0 bridgehead atoms. The van der Waals surface area contributed by atoms with Crippen molar-refractivity contribution >= 4 is 41.0 Å². The number of fused-ring (bicyclic) bond motifs is 1. The van der Waals surface area contributed by atoms with Gasteiger partial charge in [0.05, 0.1) is 23.3 Å². The number of para-hydroxylation sites is 2. The molecule has 0 unspecified atom stereocenters. The number of aromatic nitrogens is 2. The number of thioether (sulfide) groups is 1. The van der Waals surface area contributed by atoms with Crippen LogP contribution in [0, 0.1) is 0 Å². The molecule has 0 aliphatic heterocycles. The van der Waals surface area contributed by atoms with E-state index in [9.17, 15) is 4.79 Å². The maximum absolute atomic E-state index is 12.2. The molecule has 1 amide bonds. The Morgan fingerprint density at radius 1 is 0.968 bits per heavy atom. The van der Waals surface area contributed by atoms with E-state index in [4.69, 9.17) is 4.98 Å². The quantitative estimate of drug-likeness (QED) is 0.245. The summed E-state index contributed by atoms with van der Waals surface area (Å²) in [7, 11) is 0. The molecule has 31 heavy (non-hydrogen) atoms. The lowest BCUT2D eigenvalue weighted by molar-refractivity contribution is -0.118. The van der Waals surface area contributed by atoms with E-state index in [0.29, 0.717) is 6.54 Å². The fraction of sp³-hybridized carbons (Fsp3) is 0.0800. The molecular weight excluding hydrogens is 404 g/mol. The molecule has 1 aromatic heterocycles. The summed E-state index contributed by atoms with van der Waals surface area (Å²) in [6.45, 7) is 0.702. The highest BCUT2D eigenvalue weighted by Gasteiger charge is 2.13. The summed E-state index contributed by atoms with van der Waals surface area (Å²) in [6, 6.07) is 28.2. The van der Waals surface area contributed by atoms with Gasteiger partial charge in [-0.05, 0) is 29.3 Å². The largest absolute Gasteiger partial charge is 0.314 e. The van der Waals surface area contributed by atoms with Gasteiger partial charge in [0, 0.05) is 6.21 Å². The van der Waals surface area contributed by atoms with Gasteiger partial charge in [-0.2, -0.15) is 5.10 Å². The van der Waals surface area contributed by atoms with Crippen LogP contribution in [-0.4, -0.2) is 27.4 Å². The van der Waals surface area contributed by atoms with Gasteiger partial charge in [-0.1, -0.05) is 90.6 Å². The zero-order valence-corrected chi connectivity index (χ0v) is 17.7. The number of benzene rings is 3. The minimum atomic E-state index is -0.173. The van der Waals surface area contributed by atoms with E-state index in [1.54, 1.807) is 12.3 Å². The maximum Gasteiger partial charge on any atom is 0.250 e. The van der Waals surface area contributed by atoms with E-state index in [2.05, 4.69) is 33.3 Å². The van der Waals surface area contributed by atoms with Crippen LogP contribution in [-0.2, 0) is 11.3 Å². The predicted octanol–water partition coefficient (Wildman–Crippen LogP) is 4.99. The Bertz CT molecular complexity index is 1200. The fourth-order valence-electron chi connectivity index (χ4n) is 3.12. The first-order valence-corrected chi connectivity index (χ1v) is 10.9. The highest BCUT2D eigenvalue weighted by atomic mass is 32.2. The van der Waals surface area contributed by atoms with Gasteiger partial charge in [0.25, 0.3) is 5.91 Å². The van der Waals surface area contributed by atoms with Crippen molar-refractivity contribution in [3.05, 3.63) is 102 Å². The van der Waals surface area contributed by atoms with Crippen LogP contribution in [0.2, 0.25) is 0 Å². The van der Waals surface area contributed by atoms with Crippen molar-refractivity contribution in [1.82, 2.24) is 15.0 Å². The van der Waals surface area contributed by atoms with Crippen molar-refractivity contribution in [2.24, 2.45) is 5.10 Å². The minimum Gasteiger partial charge on any atom is -0.314 e. The summed E-state index contributed by atoms with van der Waals surface area (Å²) in [4.78, 5) is 16.9. The van der Waals surface area contributed by atoms with Crippen LogP contribution in [0.3, 0.4) is 0 Å². The zero-order valence-electron chi connectivity index (χ0n) is 16.9. The minimum absolute atomic E-state index is 0.173. The first kappa shape index (κ1) is 20.6. The fourth-order valence-corrected chi connectivity index (χ4v) is 3.92. The van der Waals surface area contributed by atoms with Gasteiger partial charge in [0.15, 0.2) is 5.16 Å². The van der Waals surface area contributed by atoms with Crippen molar-refractivity contribution in [3.63, 3.8) is 0 Å². The number of allylic oxidation sites excluding steroid dienone is 1. The second-order valence-electron chi connectivity index (χ2n) is 6.83. The van der Waals surface area contributed by atoms with E-state index in [0.717, 1.165) is 21.8 Å². The summed E-state index contributed by atoms with van der Waals surface area (Å²) < 4.78 is 2.15. The van der Waals surface area contributed by atoms with Crippen LogP contribution in [0.25, 0.3) is 17.1 Å². The van der Waals surface area contributed by atoms with Crippen molar-refractivity contribution in [1.29, 1.82) is 0 Å². The monoisotopic (exact) mass is 426 g/mol. The van der Waals surface area contributed by atoms with E-state index in [1.807, 2.05) is 72.8 Å². The summed E-state index contributed by atoms with van der Waals surface area (Å²) in [6.07, 6.45) is 5.29. The number of imidazole rings is 1. The third-order valence-electron chi connectivity index (χ3n) is 4.57. The SMILES string of the molecule is O=C(CSc1nc2ccccc2n1Cc1ccccc1)NN=C/C=C/c1ccccc1. The third-order valence-corrected chi connectivity index (χ3v) is 5.55. The summed E-state index contributed by atoms with van der Waals surface area (Å²) in [5.74, 6) is 0.0605. The van der Waals surface area contributed by atoms with Crippen molar-refractivity contribution in [2.45, 2.75) is 11.7 Å². The van der Waals surface area contributed by atoms with Crippen molar-refractivity contribution in [3.8, 4) is 0 Å². The molecule has 6 heteroatoms. The zero-order chi connectivity index (χ0) is 21.3. The van der Waals surface area contributed by atoms with Gasteiger partial charge >= 0.3 is 0 Å². The topological polar surface area (TPSA) is 59.3 Å². The molecule has 4 aromatic rings. The summed E-state index contributed by atoms with van der Waals surface area (Å²) >= 11 is 1.41. The molecule has 0 aliphatic rings. The Morgan fingerprint density at radius 3 is 2.48 bits per heavy atom. The van der Waals surface area contributed by atoms with Gasteiger partial charge < -0.3 is 4.57 Å². The highest BCUT2D eigenvalue weighted by molar-refractivity contribution is 7.99. The van der Waals surface area contributed by atoms with Crippen LogP contribution in [0.4, 0.5) is 0 Å². The smallest absolute Gasteiger partial charge is 0.250 e. The maximum atomic E-state index is 12.2. The first-order chi connectivity index (χ1) is 15.3. The van der Waals surface area contributed by atoms with Gasteiger partial charge in [-0.3, -0.25) is 4.79 Å². The second-order valence-corrected chi connectivity index (χ2v) is 7.77. The molecule has 154 valence electrons.